The third-order valence-corrected chi connectivity index (χ3v) is 3.48. The Hall–Kier alpha value is -0.0100. The van der Waals surface area contributed by atoms with E-state index < -0.39 is 0 Å². The van der Waals surface area contributed by atoms with Crippen molar-refractivity contribution in [1.29, 1.82) is 0 Å². The zero-order chi connectivity index (χ0) is 9.84. The van der Waals surface area contributed by atoms with Crippen LogP contribution in [-0.2, 0) is 0 Å². The predicted octanol–water partition coefficient (Wildman–Crippen LogP) is 2.97. The molecule has 0 aliphatic heterocycles. The lowest BCUT2D eigenvalue weighted by Gasteiger charge is -2.14. The minimum Gasteiger partial charge on any atom is -0.392 e. The van der Waals surface area contributed by atoms with E-state index in [1.54, 1.807) is 0 Å². The summed E-state index contributed by atoms with van der Waals surface area (Å²) >= 11 is 6.07. The smallest absolute Gasteiger partial charge is 0.0620 e. The molecule has 0 radical (unpaired) electrons. The molecule has 2 heteroatoms. The van der Waals surface area contributed by atoms with Crippen LogP contribution in [0.5, 0.6) is 0 Å². The van der Waals surface area contributed by atoms with Crippen molar-refractivity contribution in [3.05, 3.63) is 12.2 Å². The van der Waals surface area contributed by atoms with Gasteiger partial charge >= 0.3 is 0 Å². The molecule has 0 bridgehead atoms. The average Bonchev–Trinajstić information content (AvgIpc) is 2.32. The zero-order valence-corrected chi connectivity index (χ0v) is 9.17. The summed E-state index contributed by atoms with van der Waals surface area (Å²) in [4.78, 5) is 0. The van der Waals surface area contributed by atoms with Gasteiger partial charge < -0.3 is 5.11 Å². The first kappa shape index (κ1) is 11.1. The topological polar surface area (TPSA) is 20.2 Å². The Balaban J connectivity index is 2.48. The van der Waals surface area contributed by atoms with E-state index in [9.17, 15) is 5.11 Å². The Bertz CT molecular complexity index is 179. The highest BCUT2D eigenvalue weighted by molar-refractivity contribution is 6.21. The standard InChI is InChI=1S/C11H19ClO/c1-3-4-5-6-9-8(2)10(12)7-11(9)13/h5-6,8-11,13H,3-4,7H2,1-2H3/t8?,9?,10-,11-/m1/s1. The van der Waals surface area contributed by atoms with Gasteiger partial charge in [-0.25, -0.2) is 0 Å². The molecule has 1 rings (SSSR count). The van der Waals surface area contributed by atoms with Crippen LogP contribution < -0.4 is 0 Å². The maximum Gasteiger partial charge on any atom is 0.0620 e. The van der Waals surface area contributed by atoms with Crippen LogP contribution in [0.15, 0.2) is 12.2 Å². The minimum absolute atomic E-state index is 0.145. The van der Waals surface area contributed by atoms with Crippen molar-refractivity contribution in [3.63, 3.8) is 0 Å². The lowest BCUT2D eigenvalue weighted by molar-refractivity contribution is 0.144. The summed E-state index contributed by atoms with van der Waals surface area (Å²) in [7, 11) is 0. The molecule has 13 heavy (non-hydrogen) atoms. The van der Waals surface area contributed by atoms with Crippen LogP contribution in [0.3, 0.4) is 0 Å². The second-order valence-electron chi connectivity index (χ2n) is 3.97. The number of unbranched alkanes of at least 4 members (excludes halogenated alkanes) is 1. The average molecular weight is 203 g/mol. The Morgan fingerprint density at radius 1 is 1.54 bits per heavy atom. The number of hydrogen-bond acceptors (Lipinski definition) is 1. The third-order valence-electron chi connectivity index (χ3n) is 2.90. The molecule has 0 aromatic rings. The molecule has 0 heterocycles. The van der Waals surface area contributed by atoms with Crippen LogP contribution in [0.2, 0.25) is 0 Å². The Morgan fingerprint density at radius 2 is 2.23 bits per heavy atom. The maximum atomic E-state index is 9.69. The molecule has 4 atom stereocenters. The summed E-state index contributed by atoms with van der Waals surface area (Å²) in [6.45, 7) is 4.28. The van der Waals surface area contributed by atoms with E-state index in [1.807, 2.05) is 0 Å². The van der Waals surface area contributed by atoms with Gasteiger partial charge in [0, 0.05) is 11.3 Å². The van der Waals surface area contributed by atoms with Crippen LogP contribution in [0.25, 0.3) is 0 Å². The molecule has 1 aliphatic rings. The highest BCUT2D eigenvalue weighted by Crippen LogP contribution is 2.36. The molecule has 0 aromatic carbocycles. The predicted molar refractivity (Wildman–Crippen MR) is 57.0 cm³/mol. The van der Waals surface area contributed by atoms with E-state index in [4.69, 9.17) is 11.6 Å². The molecule has 1 nitrogen and oxygen atoms in total. The molecule has 0 saturated heterocycles. The second-order valence-corrected chi connectivity index (χ2v) is 4.53. The lowest BCUT2D eigenvalue weighted by Crippen LogP contribution is -2.15. The van der Waals surface area contributed by atoms with Gasteiger partial charge in [0.25, 0.3) is 0 Å². The van der Waals surface area contributed by atoms with Crippen molar-refractivity contribution in [2.24, 2.45) is 11.8 Å². The fourth-order valence-electron chi connectivity index (χ4n) is 1.92. The molecule has 1 fully saturated rings. The van der Waals surface area contributed by atoms with Crippen LogP contribution in [0.4, 0.5) is 0 Å². The van der Waals surface area contributed by atoms with E-state index in [0.29, 0.717) is 5.92 Å². The highest BCUT2D eigenvalue weighted by atomic mass is 35.5. The van der Waals surface area contributed by atoms with Gasteiger partial charge in [-0.2, -0.15) is 0 Å². The van der Waals surface area contributed by atoms with Gasteiger partial charge in [-0.05, 0) is 18.8 Å². The monoisotopic (exact) mass is 202 g/mol. The number of aliphatic hydroxyl groups excluding tert-OH is 1. The Kier molecular flexibility index (Phi) is 4.27. The molecule has 0 aromatic heterocycles. The van der Waals surface area contributed by atoms with Crippen LogP contribution in [-0.4, -0.2) is 16.6 Å². The fraction of sp³-hybridized carbons (Fsp3) is 0.818. The van der Waals surface area contributed by atoms with Gasteiger partial charge in [0.1, 0.15) is 0 Å². The lowest BCUT2D eigenvalue weighted by atomic mass is 9.96. The largest absolute Gasteiger partial charge is 0.392 e. The number of alkyl halides is 1. The van der Waals surface area contributed by atoms with Crippen molar-refractivity contribution in [2.45, 2.75) is 44.6 Å². The second kappa shape index (κ2) is 5.02. The molecular formula is C11H19ClO. The van der Waals surface area contributed by atoms with Gasteiger partial charge in [-0.3, -0.25) is 0 Å². The number of halogens is 1. The van der Waals surface area contributed by atoms with E-state index in [-0.39, 0.29) is 17.4 Å². The fourth-order valence-corrected chi connectivity index (χ4v) is 2.27. The molecule has 2 unspecified atom stereocenters. The Morgan fingerprint density at radius 3 is 2.69 bits per heavy atom. The van der Waals surface area contributed by atoms with E-state index in [1.165, 1.54) is 0 Å². The molecule has 1 N–H and O–H groups in total. The number of aliphatic hydroxyl groups is 1. The van der Waals surface area contributed by atoms with Crippen LogP contribution in [0.1, 0.15) is 33.1 Å². The van der Waals surface area contributed by atoms with Gasteiger partial charge in [0.05, 0.1) is 6.10 Å². The SMILES string of the molecule is CCCC=CC1C(C)[C@H](Cl)C[C@H]1O. The summed E-state index contributed by atoms with van der Waals surface area (Å²) in [5.74, 6) is 0.679. The molecule has 0 spiro atoms. The molecular weight excluding hydrogens is 184 g/mol. The highest BCUT2D eigenvalue weighted by Gasteiger charge is 2.36. The summed E-state index contributed by atoms with van der Waals surface area (Å²) in [5.41, 5.74) is 0. The van der Waals surface area contributed by atoms with Gasteiger partial charge in [0.15, 0.2) is 0 Å². The van der Waals surface area contributed by atoms with E-state index in [2.05, 4.69) is 26.0 Å². The molecule has 1 saturated carbocycles. The van der Waals surface area contributed by atoms with Gasteiger partial charge in [-0.15, -0.1) is 11.6 Å². The van der Waals surface area contributed by atoms with Crippen molar-refractivity contribution in [1.82, 2.24) is 0 Å². The Labute approximate surface area is 85.8 Å². The number of rotatable bonds is 3. The summed E-state index contributed by atoms with van der Waals surface area (Å²) in [5, 5.41) is 9.84. The summed E-state index contributed by atoms with van der Waals surface area (Å²) in [6, 6.07) is 0. The van der Waals surface area contributed by atoms with Crippen molar-refractivity contribution in [3.8, 4) is 0 Å². The summed E-state index contributed by atoms with van der Waals surface area (Å²) < 4.78 is 0. The number of allylic oxidation sites excluding steroid dienone is 1. The maximum absolute atomic E-state index is 9.69. The van der Waals surface area contributed by atoms with E-state index >= 15 is 0 Å². The van der Waals surface area contributed by atoms with Crippen LogP contribution >= 0.6 is 11.6 Å². The normalized spacial score (nSPS) is 40.3. The first-order valence-corrected chi connectivity index (χ1v) is 5.59. The van der Waals surface area contributed by atoms with E-state index in [0.717, 1.165) is 19.3 Å². The molecule has 76 valence electrons. The summed E-state index contributed by atoms with van der Waals surface area (Å²) in [6.07, 6.45) is 7.08. The third kappa shape index (κ3) is 2.72. The first-order valence-electron chi connectivity index (χ1n) is 5.15. The number of hydrogen-bond donors (Lipinski definition) is 1. The van der Waals surface area contributed by atoms with Gasteiger partial charge in [0.2, 0.25) is 0 Å². The first-order chi connectivity index (χ1) is 6.16. The molecule has 0 amide bonds. The minimum atomic E-state index is -0.231. The molecule has 1 aliphatic carbocycles. The van der Waals surface area contributed by atoms with Crippen molar-refractivity contribution < 1.29 is 5.11 Å². The zero-order valence-electron chi connectivity index (χ0n) is 8.41. The van der Waals surface area contributed by atoms with Crippen molar-refractivity contribution >= 4 is 11.6 Å². The van der Waals surface area contributed by atoms with Gasteiger partial charge in [-0.1, -0.05) is 32.4 Å². The quantitative estimate of drug-likeness (QED) is 0.551. The van der Waals surface area contributed by atoms with Crippen molar-refractivity contribution in [2.75, 3.05) is 0 Å². The van der Waals surface area contributed by atoms with Crippen LogP contribution in [0, 0.1) is 11.8 Å².